The van der Waals surface area contributed by atoms with Gasteiger partial charge in [-0.05, 0) is 46.3 Å². The van der Waals surface area contributed by atoms with Crippen molar-refractivity contribution in [3.05, 3.63) is 69.5 Å². The van der Waals surface area contributed by atoms with Crippen LogP contribution in [0.3, 0.4) is 0 Å². The molecule has 0 radical (unpaired) electrons. The molecule has 3 aromatic rings. The molecular weight excluding hydrogens is 374 g/mol. The van der Waals surface area contributed by atoms with Crippen LogP contribution in [0.5, 0.6) is 0 Å². The van der Waals surface area contributed by atoms with Crippen molar-refractivity contribution in [1.82, 2.24) is 5.27 Å². The summed E-state index contributed by atoms with van der Waals surface area (Å²) >= 11 is 7.32. The van der Waals surface area contributed by atoms with Crippen molar-refractivity contribution < 1.29 is 14.0 Å². The molecule has 0 atom stereocenters. The number of nitrogens with one attached hydrogen (secondary N) is 2. The average Bonchev–Trinajstić information content (AvgIpc) is 3.01. The Morgan fingerprint density at radius 3 is 2.77 bits per heavy atom. The second-order valence-corrected chi connectivity index (χ2v) is 7.01. The fourth-order valence-electron chi connectivity index (χ4n) is 2.33. The molecule has 0 spiro atoms. The first kappa shape index (κ1) is 18.3. The number of H-pyrrole nitrogens is 1. The number of nitrogens with zero attached hydrogens (tertiary/aromatic N) is 1. The van der Waals surface area contributed by atoms with Crippen LogP contribution in [0.25, 0.3) is 5.69 Å². The molecule has 0 aliphatic carbocycles. The van der Waals surface area contributed by atoms with Crippen molar-refractivity contribution in [2.75, 3.05) is 11.1 Å². The monoisotopic (exact) mass is 390 g/mol. The predicted octanol–water partition coefficient (Wildman–Crippen LogP) is 3.33. The summed E-state index contributed by atoms with van der Waals surface area (Å²) in [4.78, 5) is 24.1. The van der Waals surface area contributed by atoms with Crippen molar-refractivity contribution in [1.29, 1.82) is 0 Å². The number of halogens is 1. The summed E-state index contributed by atoms with van der Waals surface area (Å²) in [7, 11) is 0. The van der Waals surface area contributed by atoms with Gasteiger partial charge in [-0.1, -0.05) is 35.9 Å². The number of carbonyl (C=O) groups excluding carboxylic acids is 1. The second-order valence-electron chi connectivity index (χ2n) is 5.52. The molecule has 134 valence electrons. The Hall–Kier alpha value is -2.51. The molecular formula is C18H17ClN3O3S+. The van der Waals surface area contributed by atoms with Gasteiger partial charge in [-0.25, -0.2) is 4.79 Å². The summed E-state index contributed by atoms with van der Waals surface area (Å²) in [5, 5.41) is 6.41. The van der Waals surface area contributed by atoms with Crippen molar-refractivity contribution >= 4 is 35.0 Å². The van der Waals surface area contributed by atoms with Crippen molar-refractivity contribution in [2.24, 2.45) is 0 Å². The van der Waals surface area contributed by atoms with Crippen LogP contribution in [0.15, 0.2) is 62.9 Å². The summed E-state index contributed by atoms with van der Waals surface area (Å²) in [5.74, 6) is 0.287. The minimum Gasteiger partial charge on any atom is -0.326 e. The van der Waals surface area contributed by atoms with Crippen LogP contribution in [-0.4, -0.2) is 16.9 Å². The third-order valence-electron chi connectivity index (χ3n) is 3.73. The number of benzene rings is 2. The Balaban J connectivity index is 1.62. The van der Waals surface area contributed by atoms with E-state index in [0.29, 0.717) is 21.5 Å². The maximum Gasteiger partial charge on any atom is 0.442 e. The Morgan fingerprint density at radius 1 is 1.23 bits per heavy atom. The first-order chi connectivity index (χ1) is 12.6. The molecule has 1 aromatic heterocycles. The van der Waals surface area contributed by atoms with Gasteiger partial charge >= 0.3 is 10.7 Å². The Morgan fingerprint density at radius 2 is 2.00 bits per heavy atom. The molecule has 0 saturated heterocycles. The summed E-state index contributed by atoms with van der Waals surface area (Å²) in [6.45, 7) is 1.85. The van der Waals surface area contributed by atoms with Gasteiger partial charge in [0, 0.05) is 35.0 Å². The lowest BCUT2D eigenvalue weighted by atomic mass is 10.2. The van der Waals surface area contributed by atoms with Gasteiger partial charge < -0.3 is 5.32 Å². The van der Waals surface area contributed by atoms with Gasteiger partial charge in [0.1, 0.15) is 0 Å². The van der Waals surface area contributed by atoms with Crippen LogP contribution in [0, 0.1) is 6.92 Å². The highest BCUT2D eigenvalue weighted by molar-refractivity contribution is 7.99. The Bertz CT molecular complexity index is 969. The summed E-state index contributed by atoms with van der Waals surface area (Å²) < 4.78 is 6.44. The zero-order chi connectivity index (χ0) is 18.5. The van der Waals surface area contributed by atoms with Crippen molar-refractivity contribution in [2.45, 2.75) is 18.4 Å². The van der Waals surface area contributed by atoms with Gasteiger partial charge in [-0.15, -0.1) is 0 Å². The summed E-state index contributed by atoms with van der Waals surface area (Å²) in [5.41, 5.74) is 1.82. The summed E-state index contributed by atoms with van der Waals surface area (Å²) in [6.07, 6.45) is 0.246. The molecule has 0 fully saturated rings. The molecule has 6 nitrogen and oxygen atoms in total. The normalized spacial score (nSPS) is 10.7. The van der Waals surface area contributed by atoms with Crippen molar-refractivity contribution in [3.63, 3.8) is 0 Å². The number of para-hydroxylation sites is 1. The van der Waals surface area contributed by atoms with Crippen LogP contribution in [0.4, 0.5) is 5.69 Å². The van der Waals surface area contributed by atoms with Crippen LogP contribution < -0.4 is 15.6 Å². The van der Waals surface area contributed by atoms with Gasteiger partial charge in [0.15, 0.2) is 0 Å². The predicted molar refractivity (Wildman–Crippen MR) is 101 cm³/mol. The number of aromatic nitrogens is 2. The van der Waals surface area contributed by atoms with E-state index < -0.39 is 5.63 Å². The number of hydrogen-bond acceptors (Lipinski definition) is 4. The highest BCUT2D eigenvalue weighted by atomic mass is 35.5. The van der Waals surface area contributed by atoms with Gasteiger partial charge in [0.05, 0.1) is 0 Å². The molecule has 2 N–H and O–H groups in total. The first-order valence-corrected chi connectivity index (χ1v) is 9.29. The third-order valence-corrected chi connectivity index (χ3v) is 5.17. The molecule has 1 heterocycles. The summed E-state index contributed by atoms with van der Waals surface area (Å²) in [6, 6.07) is 14.7. The maximum atomic E-state index is 12.2. The Labute approximate surface area is 159 Å². The lowest BCUT2D eigenvalue weighted by Crippen LogP contribution is -2.36. The quantitative estimate of drug-likeness (QED) is 0.500. The van der Waals surface area contributed by atoms with Crippen molar-refractivity contribution in [3.8, 4) is 5.69 Å². The van der Waals surface area contributed by atoms with E-state index in [1.165, 1.54) is 11.8 Å². The van der Waals surface area contributed by atoms with E-state index in [4.69, 9.17) is 16.1 Å². The minimum atomic E-state index is -0.468. The highest BCUT2D eigenvalue weighted by Crippen LogP contribution is 2.23. The van der Waals surface area contributed by atoms with E-state index in [1.54, 1.807) is 22.9 Å². The number of carbonyl (C=O) groups is 1. The minimum absolute atomic E-state index is 0.144. The SMILES string of the molecule is Cc1c(Cl)cccc1NC(=O)CCSc1c(=O)o[nH][n+]1-c1ccccc1. The van der Waals surface area contributed by atoms with Crippen LogP contribution in [0.1, 0.15) is 12.0 Å². The van der Waals surface area contributed by atoms with Gasteiger partial charge in [0.2, 0.25) is 11.6 Å². The second kappa shape index (κ2) is 8.25. The smallest absolute Gasteiger partial charge is 0.326 e. The molecule has 3 rings (SSSR count). The van der Waals surface area contributed by atoms with Gasteiger partial charge in [-0.3, -0.25) is 9.32 Å². The molecule has 0 aliphatic rings. The van der Waals surface area contributed by atoms with E-state index in [1.807, 2.05) is 37.3 Å². The standard InChI is InChI=1S/C18H16ClN3O3S/c1-12-14(19)8-5-9-15(12)20-16(23)10-11-26-17-18(24)25-21-22(17)13-6-3-2-4-7-13/h2-9H,10-11H2,1H3,(H-,20,21,23,24)/p+1. The lowest BCUT2D eigenvalue weighted by molar-refractivity contribution is -0.704. The maximum absolute atomic E-state index is 12.2. The van der Waals surface area contributed by atoms with E-state index in [0.717, 1.165) is 11.3 Å². The fraction of sp³-hybridized carbons (Fsp3) is 0.167. The lowest BCUT2D eigenvalue weighted by Gasteiger charge is -2.08. The molecule has 2 aromatic carbocycles. The number of anilines is 1. The molecule has 0 unspecified atom stereocenters. The molecule has 26 heavy (non-hydrogen) atoms. The third kappa shape index (κ3) is 4.17. The number of hydrogen-bond donors (Lipinski definition) is 2. The zero-order valence-electron chi connectivity index (χ0n) is 14.0. The van der Waals surface area contributed by atoms with Gasteiger partial charge in [-0.2, -0.15) is 0 Å². The molecule has 0 saturated carbocycles. The van der Waals surface area contributed by atoms with Crippen LogP contribution in [-0.2, 0) is 4.79 Å². The number of amides is 1. The average molecular weight is 391 g/mol. The van der Waals surface area contributed by atoms with E-state index in [2.05, 4.69) is 10.6 Å². The highest BCUT2D eigenvalue weighted by Gasteiger charge is 2.23. The zero-order valence-corrected chi connectivity index (χ0v) is 15.6. The molecule has 0 aliphatic heterocycles. The topological polar surface area (TPSA) is 79.0 Å². The molecule has 1 amide bonds. The molecule has 0 bridgehead atoms. The first-order valence-electron chi connectivity index (χ1n) is 7.93. The van der Waals surface area contributed by atoms with E-state index in [9.17, 15) is 9.59 Å². The number of aromatic amines is 1. The molecule has 8 heteroatoms. The number of thioether (sulfide) groups is 1. The van der Waals surface area contributed by atoms with Crippen LogP contribution >= 0.6 is 23.4 Å². The largest absolute Gasteiger partial charge is 0.442 e. The van der Waals surface area contributed by atoms with Gasteiger partial charge in [0.25, 0.3) is 0 Å². The number of rotatable bonds is 6. The fourth-order valence-corrected chi connectivity index (χ4v) is 3.42. The van der Waals surface area contributed by atoms with E-state index in [-0.39, 0.29) is 12.3 Å². The Kier molecular flexibility index (Phi) is 5.80. The van der Waals surface area contributed by atoms with E-state index >= 15 is 0 Å². The van der Waals surface area contributed by atoms with Crippen LogP contribution in [0.2, 0.25) is 5.02 Å².